The highest BCUT2D eigenvalue weighted by Crippen LogP contribution is 2.20. The van der Waals surface area contributed by atoms with Crippen LogP contribution < -0.4 is 4.90 Å². The smallest absolute Gasteiger partial charge is 0.335 e. The maximum absolute atomic E-state index is 13.7. The maximum atomic E-state index is 13.7. The molecule has 0 bridgehead atoms. The van der Waals surface area contributed by atoms with E-state index in [1.807, 2.05) is 0 Å². The van der Waals surface area contributed by atoms with Crippen molar-refractivity contribution in [1.82, 2.24) is 0 Å². The molecule has 0 atom stereocenters. The van der Waals surface area contributed by atoms with Crippen LogP contribution in [0, 0.1) is 5.82 Å². The van der Waals surface area contributed by atoms with Gasteiger partial charge in [-0.3, -0.25) is 4.79 Å². The Balaban J connectivity index is 2.30. The normalized spacial score (nSPS) is 10.2. The van der Waals surface area contributed by atoms with Gasteiger partial charge in [0.2, 0.25) is 0 Å². The summed E-state index contributed by atoms with van der Waals surface area (Å²) in [5, 5.41) is 9.08. The van der Waals surface area contributed by atoms with Crippen molar-refractivity contribution >= 4 is 29.2 Å². The largest absolute Gasteiger partial charge is 0.478 e. The molecule has 4 nitrogen and oxygen atoms in total. The lowest BCUT2D eigenvalue weighted by atomic mass is 10.1. The number of halogens is 2. The number of anilines is 1. The highest BCUT2D eigenvalue weighted by molar-refractivity contribution is 6.31. The summed E-state index contributed by atoms with van der Waals surface area (Å²) < 4.78 is 13.7. The maximum Gasteiger partial charge on any atom is 0.335 e. The molecule has 0 aliphatic rings. The summed E-state index contributed by atoms with van der Waals surface area (Å²) in [6.45, 7) is 0. The highest BCUT2D eigenvalue weighted by atomic mass is 35.5. The Morgan fingerprint density at radius 2 is 1.76 bits per heavy atom. The van der Waals surface area contributed by atoms with Crippen molar-refractivity contribution in [2.45, 2.75) is 0 Å². The quantitative estimate of drug-likeness (QED) is 0.945. The first-order valence-corrected chi connectivity index (χ1v) is 6.34. The van der Waals surface area contributed by atoms with E-state index in [9.17, 15) is 14.0 Å². The van der Waals surface area contributed by atoms with E-state index in [4.69, 9.17) is 16.7 Å². The van der Waals surface area contributed by atoms with Crippen LogP contribution in [-0.4, -0.2) is 24.0 Å². The number of hydrogen-bond acceptors (Lipinski definition) is 2. The monoisotopic (exact) mass is 307 g/mol. The van der Waals surface area contributed by atoms with E-state index in [2.05, 4.69) is 0 Å². The first kappa shape index (κ1) is 15.0. The van der Waals surface area contributed by atoms with Gasteiger partial charge in [-0.1, -0.05) is 11.6 Å². The van der Waals surface area contributed by atoms with E-state index < -0.39 is 17.7 Å². The highest BCUT2D eigenvalue weighted by Gasteiger charge is 2.18. The van der Waals surface area contributed by atoms with Gasteiger partial charge < -0.3 is 10.0 Å². The molecule has 0 unspecified atom stereocenters. The molecule has 0 heterocycles. The summed E-state index contributed by atoms with van der Waals surface area (Å²) in [7, 11) is 1.47. The summed E-state index contributed by atoms with van der Waals surface area (Å²) in [5.74, 6) is -2.30. The number of aromatic carboxylic acids is 1. The SMILES string of the molecule is CN(C(=O)c1cc(Cl)ccc1F)c1ccc(C(=O)O)cc1. The lowest BCUT2D eigenvalue weighted by Crippen LogP contribution is -2.27. The molecule has 2 aromatic carbocycles. The van der Waals surface area contributed by atoms with E-state index in [-0.39, 0.29) is 16.1 Å². The third-order valence-corrected chi connectivity index (χ3v) is 3.20. The third kappa shape index (κ3) is 3.20. The van der Waals surface area contributed by atoms with Crippen molar-refractivity contribution in [2.24, 2.45) is 0 Å². The summed E-state index contributed by atoms with van der Waals surface area (Å²) >= 11 is 5.76. The molecule has 0 spiro atoms. The topological polar surface area (TPSA) is 57.6 Å². The fourth-order valence-corrected chi connectivity index (χ4v) is 1.96. The van der Waals surface area contributed by atoms with E-state index in [0.717, 1.165) is 6.07 Å². The molecule has 0 radical (unpaired) electrons. The molecular weight excluding hydrogens is 297 g/mol. The summed E-state index contributed by atoms with van der Waals surface area (Å²) in [6.07, 6.45) is 0. The van der Waals surface area contributed by atoms with Crippen LogP contribution in [0.4, 0.5) is 10.1 Å². The van der Waals surface area contributed by atoms with Crippen LogP contribution in [0.25, 0.3) is 0 Å². The average Bonchev–Trinajstić information content (AvgIpc) is 2.48. The molecule has 0 saturated heterocycles. The molecule has 0 aliphatic carbocycles. The second kappa shape index (κ2) is 5.93. The van der Waals surface area contributed by atoms with Gasteiger partial charge in [0.05, 0.1) is 11.1 Å². The first-order valence-electron chi connectivity index (χ1n) is 5.96. The summed E-state index contributed by atoms with van der Waals surface area (Å²) in [6, 6.07) is 9.42. The second-order valence-electron chi connectivity index (χ2n) is 4.34. The Labute approximate surface area is 125 Å². The van der Waals surface area contributed by atoms with Crippen molar-refractivity contribution < 1.29 is 19.1 Å². The lowest BCUT2D eigenvalue weighted by molar-refractivity contribution is 0.0696. The molecule has 0 aliphatic heterocycles. The number of carboxylic acids is 1. The summed E-state index contributed by atoms with van der Waals surface area (Å²) in [4.78, 5) is 24.2. The molecule has 6 heteroatoms. The number of carbonyl (C=O) groups excluding carboxylic acids is 1. The van der Waals surface area contributed by atoms with Gasteiger partial charge in [-0.05, 0) is 42.5 Å². The Morgan fingerprint density at radius 1 is 1.14 bits per heavy atom. The Morgan fingerprint density at radius 3 is 2.33 bits per heavy atom. The van der Waals surface area contributed by atoms with Crippen molar-refractivity contribution in [2.75, 3.05) is 11.9 Å². The molecule has 0 aromatic heterocycles. The minimum atomic E-state index is -1.06. The Bertz CT molecular complexity index is 701. The number of carboxylic acid groups (broad SMARTS) is 1. The van der Waals surface area contributed by atoms with Gasteiger partial charge >= 0.3 is 5.97 Å². The zero-order chi connectivity index (χ0) is 15.6. The number of hydrogen-bond donors (Lipinski definition) is 1. The lowest BCUT2D eigenvalue weighted by Gasteiger charge is -2.18. The van der Waals surface area contributed by atoms with Gasteiger partial charge in [0.1, 0.15) is 5.82 Å². The van der Waals surface area contributed by atoms with Gasteiger partial charge in [-0.2, -0.15) is 0 Å². The second-order valence-corrected chi connectivity index (χ2v) is 4.78. The van der Waals surface area contributed by atoms with Gasteiger partial charge in [-0.25, -0.2) is 9.18 Å². The molecule has 2 aromatic rings. The van der Waals surface area contributed by atoms with Crippen LogP contribution in [0.2, 0.25) is 5.02 Å². The van der Waals surface area contributed by atoms with Crippen LogP contribution >= 0.6 is 11.6 Å². The molecule has 2 rings (SSSR count). The molecule has 21 heavy (non-hydrogen) atoms. The van der Waals surface area contributed by atoms with Crippen LogP contribution in [-0.2, 0) is 0 Å². The van der Waals surface area contributed by atoms with E-state index >= 15 is 0 Å². The fourth-order valence-electron chi connectivity index (χ4n) is 1.79. The van der Waals surface area contributed by atoms with E-state index in [1.165, 1.54) is 48.3 Å². The predicted octanol–water partition coefficient (Wildman–Crippen LogP) is 3.45. The fraction of sp³-hybridized carbons (Fsp3) is 0.0667. The van der Waals surface area contributed by atoms with Crippen molar-refractivity contribution in [3.8, 4) is 0 Å². The molecule has 108 valence electrons. The van der Waals surface area contributed by atoms with Crippen LogP contribution in [0.3, 0.4) is 0 Å². The zero-order valence-electron chi connectivity index (χ0n) is 11.0. The number of carbonyl (C=O) groups is 2. The number of rotatable bonds is 3. The van der Waals surface area contributed by atoms with E-state index in [1.54, 1.807) is 0 Å². The Kier molecular flexibility index (Phi) is 4.23. The standard InChI is InChI=1S/C15H11ClFNO3/c1-18(11-5-2-9(3-6-11)15(20)21)14(19)12-8-10(16)4-7-13(12)17/h2-8H,1H3,(H,20,21). The van der Waals surface area contributed by atoms with Crippen molar-refractivity contribution in [3.63, 3.8) is 0 Å². The number of benzene rings is 2. The molecule has 1 N–H and O–H groups in total. The predicted molar refractivity (Wildman–Crippen MR) is 77.5 cm³/mol. The van der Waals surface area contributed by atoms with Gasteiger partial charge in [0.25, 0.3) is 5.91 Å². The number of amides is 1. The van der Waals surface area contributed by atoms with Gasteiger partial charge in [0, 0.05) is 17.8 Å². The average molecular weight is 308 g/mol. The Hall–Kier alpha value is -2.40. The molecule has 0 saturated carbocycles. The number of nitrogens with zero attached hydrogens (tertiary/aromatic N) is 1. The molecular formula is C15H11ClFNO3. The van der Waals surface area contributed by atoms with Crippen molar-refractivity contribution in [1.29, 1.82) is 0 Å². The van der Waals surface area contributed by atoms with Crippen LogP contribution in [0.1, 0.15) is 20.7 Å². The molecule has 1 amide bonds. The zero-order valence-corrected chi connectivity index (χ0v) is 11.8. The first-order chi connectivity index (χ1) is 9.90. The van der Waals surface area contributed by atoms with Crippen molar-refractivity contribution in [3.05, 3.63) is 64.4 Å². The minimum Gasteiger partial charge on any atom is -0.478 e. The van der Waals surface area contributed by atoms with Crippen LogP contribution in [0.5, 0.6) is 0 Å². The van der Waals surface area contributed by atoms with Gasteiger partial charge in [-0.15, -0.1) is 0 Å². The molecule has 0 fully saturated rings. The third-order valence-electron chi connectivity index (χ3n) is 2.97. The minimum absolute atomic E-state index is 0.105. The van der Waals surface area contributed by atoms with Gasteiger partial charge in [0.15, 0.2) is 0 Å². The van der Waals surface area contributed by atoms with E-state index in [0.29, 0.717) is 5.69 Å². The van der Waals surface area contributed by atoms with Crippen LogP contribution in [0.15, 0.2) is 42.5 Å². The summed E-state index contributed by atoms with van der Waals surface area (Å²) in [5.41, 5.74) is 0.408.